The second-order valence-electron chi connectivity index (χ2n) is 5.71. The van der Waals surface area contributed by atoms with Crippen LogP contribution in [-0.2, 0) is 9.59 Å². The molecule has 3 rings (SSSR count). The molecule has 1 saturated heterocycles. The quantitative estimate of drug-likeness (QED) is 0.924. The van der Waals surface area contributed by atoms with Crippen LogP contribution in [0.4, 0.5) is 0 Å². The Morgan fingerprint density at radius 1 is 1.35 bits per heavy atom. The molecule has 108 valence electrons. The van der Waals surface area contributed by atoms with E-state index in [0.29, 0.717) is 12.3 Å². The van der Waals surface area contributed by atoms with Crippen molar-refractivity contribution < 1.29 is 14.7 Å². The van der Waals surface area contributed by atoms with E-state index in [9.17, 15) is 9.59 Å². The Bertz CT molecular complexity index is 534. The summed E-state index contributed by atoms with van der Waals surface area (Å²) in [6, 6.07) is 0. The van der Waals surface area contributed by atoms with Gasteiger partial charge in [-0.15, -0.1) is 11.3 Å². The van der Waals surface area contributed by atoms with E-state index >= 15 is 0 Å². The van der Waals surface area contributed by atoms with Crippen LogP contribution in [0.1, 0.15) is 35.9 Å². The molecule has 1 aromatic rings. The Balaban J connectivity index is 1.54. The van der Waals surface area contributed by atoms with Crippen LogP contribution in [-0.4, -0.2) is 40.0 Å². The van der Waals surface area contributed by atoms with Gasteiger partial charge in [-0.05, 0) is 26.2 Å². The minimum absolute atomic E-state index is 0.0335. The Kier molecular flexibility index (Phi) is 3.50. The third kappa shape index (κ3) is 2.57. The maximum absolute atomic E-state index is 12.2. The lowest BCUT2D eigenvalue weighted by Crippen LogP contribution is -2.39. The summed E-state index contributed by atoms with van der Waals surface area (Å²) in [6.07, 6.45) is 2.38. The molecule has 2 aliphatic rings. The fourth-order valence-corrected chi connectivity index (χ4v) is 3.85. The van der Waals surface area contributed by atoms with Crippen molar-refractivity contribution in [3.63, 3.8) is 0 Å². The van der Waals surface area contributed by atoms with Crippen LogP contribution in [0.5, 0.6) is 0 Å². The molecule has 1 N–H and O–H groups in total. The summed E-state index contributed by atoms with van der Waals surface area (Å²) in [4.78, 5) is 29.4. The summed E-state index contributed by atoms with van der Waals surface area (Å²) in [6.45, 7) is 3.45. The zero-order valence-corrected chi connectivity index (χ0v) is 12.2. The number of likely N-dealkylation sites (tertiary alicyclic amines) is 1. The Morgan fingerprint density at radius 3 is 2.55 bits per heavy atom. The number of hydrogen-bond acceptors (Lipinski definition) is 4. The zero-order valence-electron chi connectivity index (χ0n) is 11.4. The second-order valence-corrected chi connectivity index (χ2v) is 6.60. The molecule has 6 heteroatoms. The van der Waals surface area contributed by atoms with Gasteiger partial charge in [0.1, 0.15) is 0 Å². The predicted octanol–water partition coefficient (Wildman–Crippen LogP) is 1.88. The van der Waals surface area contributed by atoms with E-state index < -0.39 is 11.9 Å². The van der Waals surface area contributed by atoms with Crippen molar-refractivity contribution in [3.8, 4) is 0 Å². The van der Waals surface area contributed by atoms with Crippen LogP contribution in [0.25, 0.3) is 0 Å². The van der Waals surface area contributed by atoms with Gasteiger partial charge in [0, 0.05) is 30.1 Å². The molecule has 0 aromatic carbocycles. The van der Waals surface area contributed by atoms with Gasteiger partial charge < -0.3 is 10.0 Å². The number of carbonyl (C=O) groups excluding carboxylic acids is 1. The SMILES string of the molecule is Cc1csc(C2CCN(C(=O)[C@H]3C[C@@H]3C(=O)O)CC2)n1. The van der Waals surface area contributed by atoms with E-state index in [2.05, 4.69) is 10.4 Å². The number of carboxylic acids is 1. The summed E-state index contributed by atoms with van der Waals surface area (Å²) >= 11 is 1.70. The molecule has 0 bridgehead atoms. The first-order valence-electron chi connectivity index (χ1n) is 7.00. The van der Waals surface area contributed by atoms with Crippen LogP contribution >= 0.6 is 11.3 Å². The highest BCUT2D eigenvalue weighted by Gasteiger charge is 2.50. The van der Waals surface area contributed by atoms with Crippen molar-refractivity contribution in [3.05, 3.63) is 16.1 Å². The highest BCUT2D eigenvalue weighted by molar-refractivity contribution is 7.09. The molecule has 0 unspecified atom stereocenters. The van der Waals surface area contributed by atoms with Crippen LogP contribution in [0.15, 0.2) is 5.38 Å². The molecule has 2 atom stereocenters. The van der Waals surface area contributed by atoms with Crippen molar-refractivity contribution in [2.45, 2.75) is 32.1 Å². The summed E-state index contributed by atoms with van der Waals surface area (Å²) in [7, 11) is 0. The molecule has 2 heterocycles. The molecule has 1 aliphatic heterocycles. The van der Waals surface area contributed by atoms with Crippen molar-refractivity contribution >= 4 is 23.2 Å². The molecule has 20 heavy (non-hydrogen) atoms. The molecule has 1 saturated carbocycles. The first-order valence-corrected chi connectivity index (χ1v) is 7.88. The maximum Gasteiger partial charge on any atom is 0.307 e. The van der Waals surface area contributed by atoms with Gasteiger partial charge in [0.05, 0.1) is 16.8 Å². The molecular formula is C14H18N2O3S. The van der Waals surface area contributed by atoms with E-state index in [1.807, 2.05) is 11.8 Å². The number of aromatic nitrogens is 1. The summed E-state index contributed by atoms with van der Waals surface area (Å²) in [5.41, 5.74) is 1.06. The topological polar surface area (TPSA) is 70.5 Å². The molecule has 0 spiro atoms. The number of carboxylic acid groups (broad SMARTS) is 1. The standard InChI is InChI=1S/C14H18N2O3S/c1-8-7-20-12(15-8)9-2-4-16(5-3-9)13(17)10-6-11(10)14(18)19/h7,9-11H,2-6H2,1H3,(H,18,19)/t10-,11-/m0/s1. The van der Waals surface area contributed by atoms with Gasteiger partial charge in [-0.3, -0.25) is 9.59 Å². The number of nitrogens with zero attached hydrogens (tertiary/aromatic N) is 2. The molecule has 1 amide bonds. The zero-order chi connectivity index (χ0) is 14.3. The summed E-state index contributed by atoms with van der Waals surface area (Å²) in [5, 5.41) is 12.1. The van der Waals surface area contributed by atoms with E-state index in [-0.39, 0.29) is 11.8 Å². The lowest BCUT2D eigenvalue weighted by Gasteiger charge is -2.31. The van der Waals surface area contributed by atoms with E-state index in [0.717, 1.165) is 31.6 Å². The van der Waals surface area contributed by atoms with Crippen molar-refractivity contribution in [2.24, 2.45) is 11.8 Å². The highest BCUT2D eigenvalue weighted by atomic mass is 32.1. The van der Waals surface area contributed by atoms with Crippen molar-refractivity contribution in [1.82, 2.24) is 9.88 Å². The number of amides is 1. The van der Waals surface area contributed by atoms with Crippen molar-refractivity contribution in [2.75, 3.05) is 13.1 Å². The number of rotatable bonds is 3. The molecular weight excluding hydrogens is 276 g/mol. The van der Waals surface area contributed by atoms with Crippen LogP contribution in [0, 0.1) is 18.8 Å². The number of thiazole rings is 1. The van der Waals surface area contributed by atoms with Gasteiger partial charge in [-0.25, -0.2) is 4.98 Å². The number of piperidine rings is 1. The number of hydrogen-bond donors (Lipinski definition) is 1. The minimum Gasteiger partial charge on any atom is -0.481 e. The van der Waals surface area contributed by atoms with E-state index in [4.69, 9.17) is 5.11 Å². The fourth-order valence-electron chi connectivity index (χ4n) is 2.88. The lowest BCUT2D eigenvalue weighted by atomic mass is 9.97. The molecule has 2 fully saturated rings. The highest BCUT2D eigenvalue weighted by Crippen LogP contribution is 2.41. The van der Waals surface area contributed by atoms with Gasteiger partial charge in [0.25, 0.3) is 0 Å². The molecule has 5 nitrogen and oxygen atoms in total. The maximum atomic E-state index is 12.2. The predicted molar refractivity (Wildman–Crippen MR) is 74.6 cm³/mol. The minimum atomic E-state index is -0.837. The van der Waals surface area contributed by atoms with Gasteiger partial charge in [-0.1, -0.05) is 0 Å². The molecule has 0 radical (unpaired) electrons. The normalized spacial score (nSPS) is 26.6. The summed E-state index contributed by atoms with van der Waals surface area (Å²) < 4.78 is 0. The van der Waals surface area contributed by atoms with Crippen molar-refractivity contribution in [1.29, 1.82) is 0 Å². The average Bonchev–Trinajstić information content (AvgIpc) is 3.14. The summed E-state index contributed by atoms with van der Waals surface area (Å²) in [5.74, 6) is -1.07. The van der Waals surface area contributed by atoms with Crippen LogP contribution < -0.4 is 0 Å². The fraction of sp³-hybridized carbons (Fsp3) is 0.643. The number of aliphatic carboxylic acids is 1. The monoisotopic (exact) mass is 294 g/mol. The Morgan fingerprint density at radius 2 is 2.05 bits per heavy atom. The van der Waals surface area contributed by atoms with Crippen LogP contribution in [0.2, 0.25) is 0 Å². The first kappa shape index (κ1) is 13.5. The molecule has 1 aromatic heterocycles. The first-order chi connectivity index (χ1) is 9.56. The second kappa shape index (κ2) is 5.16. The Labute approximate surface area is 121 Å². The van der Waals surface area contributed by atoms with Gasteiger partial charge in [-0.2, -0.15) is 0 Å². The smallest absolute Gasteiger partial charge is 0.307 e. The number of aryl methyl sites for hydroxylation is 1. The van der Waals surface area contributed by atoms with E-state index in [1.54, 1.807) is 11.3 Å². The third-order valence-electron chi connectivity index (χ3n) is 4.22. The average molecular weight is 294 g/mol. The largest absolute Gasteiger partial charge is 0.481 e. The Hall–Kier alpha value is -1.43. The van der Waals surface area contributed by atoms with Gasteiger partial charge >= 0.3 is 5.97 Å². The van der Waals surface area contributed by atoms with Gasteiger partial charge in [0.2, 0.25) is 5.91 Å². The third-order valence-corrected chi connectivity index (χ3v) is 5.34. The van der Waals surface area contributed by atoms with Gasteiger partial charge in [0.15, 0.2) is 0 Å². The van der Waals surface area contributed by atoms with E-state index in [1.165, 1.54) is 5.01 Å². The van der Waals surface area contributed by atoms with Crippen LogP contribution in [0.3, 0.4) is 0 Å². The molecule has 1 aliphatic carbocycles. The lowest BCUT2D eigenvalue weighted by molar-refractivity contribution is -0.142. The number of carbonyl (C=O) groups is 2.